The Balaban J connectivity index is 2.33. The summed E-state index contributed by atoms with van der Waals surface area (Å²) in [7, 11) is 0. The van der Waals surface area contributed by atoms with E-state index in [1.54, 1.807) is 0 Å². The number of carbonyl (C=O) groups is 2. The molecule has 0 heterocycles. The molecule has 5 nitrogen and oxygen atoms in total. The molecule has 7 heteroatoms. The van der Waals surface area contributed by atoms with Crippen LogP contribution < -0.4 is 5.32 Å². The molecule has 0 aromatic heterocycles. The van der Waals surface area contributed by atoms with Crippen molar-refractivity contribution in [3.8, 4) is 0 Å². The lowest BCUT2D eigenvalue weighted by atomic mass is 9.71. The Morgan fingerprint density at radius 3 is 2.52 bits per heavy atom. The third-order valence-corrected chi connectivity index (χ3v) is 4.03. The fourth-order valence-electron chi connectivity index (χ4n) is 2.47. The summed E-state index contributed by atoms with van der Waals surface area (Å²) in [5.74, 6) is -0.747. The van der Waals surface area contributed by atoms with Gasteiger partial charge < -0.3 is 15.2 Å². The molecule has 21 heavy (non-hydrogen) atoms. The molecule has 1 saturated carbocycles. The quantitative estimate of drug-likeness (QED) is 0.673. The lowest BCUT2D eigenvalue weighted by Gasteiger charge is -2.35. The Labute approximate surface area is 123 Å². The summed E-state index contributed by atoms with van der Waals surface area (Å²) >= 11 is 0. The van der Waals surface area contributed by atoms with Gasteiger partial charge in [0.15, 0.2) is 0 Å². The van der Waals surface area contributed by atoms with E-state index in [0.29, 0.717) is 18.8 Å². The summed E-state index contributed by atoms with van der Waals surface area (Å²) in [5.41, 5.74) is -0.897. The van der Waals surface area contributed by atoms with Crippen molar-refractivity contribution >= 4 is 11.9 Å². The second kappa shape index (κ2) is 8.26. The zero-order valence-electron chi connectivity index (χ0n) is 12.2. The molecule has 0 aliphatic heterocycles. The number of halogens is 2. The largest absolute Gasteiger partial charge is 0.481 e. The maximum absolute atomic E-state index is 11.8. The number of hydrogen-bond donors (Lipinski definition) is 2. The van der Waals surface area contributed by atoms with Crippen LogP contribution in [0, 0.1) is 11.3 Å². The molecule has 0 aromatic carbocycles. The van der Waals surface area contributed by atoms with Gasteiger partial charge in [0.05, 0.1) is 12.0 Å². The average molecular weight is 307 g/mol. The third kappa shape index (κ3) is 5.95. The van der Waals surface area contributed by atoms with Crippen LogP contribution in [0.15, 0.2) is 0 Å². The minimum Gasteiger partial charge on any atom is -0.481 e. The van der Waals surface area contributed by atoms with Crippen molar-refractivity contribution in [2.45, 2.75) is 45.5 Å². The molecule has 0 spiro atoms. The highest BCUT2D eigenvalue weighted by atomic mass is 19.3. The van der Waals surface area contributed by atoms with Crippen molar-refractivity contribution < 1.29 is 28.2 Å². The molecule has 0 atom stereocenters. The highest BCUT2D eigenvalue weighted by Crippen LogP contribution is 2.38. The average Bonchev–Trinajstić information content (AvgIpc) is 2.43. The van der Waals surface area contributed by atoms with Crippen molar-refractivity contribution in [1.82, 2.24) is 5.32 Å². The predicted octanol–water partition coefficient (Wildman–Crippen LogP) is 2.06. The summed E-state index contributed by atoms with van der Waals surface area (Å²) in [4.78, 5) is 23.1. The van der Waals surface area contributed by atoms with Gasteiger partial charge in [0.1, 0.15) is 6.61 Å². The van der Waals surface area contributed by atoms with Crippen molar-refractivity contribution in [3.05, 3.63) is 0 Å². The zero-order chi connectivity index (χ0) is 15.9. The van der Waals surface area contributed by atoms with Gasteiger partial charge in [-0.05, 0) is 31.6 Å². The van der Waals surface area contributed by atoms with Crippen LogP contribution in [0.2, 0.25) is 0 Å². The molecule has 1 fully saturated rings. The maximum Gasteiger partial charge on any atom is 0.311 e. The number of rotatable bonds is 8. The van der Waals surface area contributed by atoms with Crippen LogP contribution in [-0.4, -0.2) is 43.2 Å². The number of carboxylic acids is 1. The Bertz CT molecular complexity index is 355. The van der Waals surface area contributed by atoms with Crippen LogP contribution >= 0.6 is 0 Å². The van der Waals surface area contributed by atoms with Gasteiger partial charge in [0.25, 0.3) is 6.43 Å². The molecule has 0 aromatic rings. The number of nitrogens with one attached hydrogen (secondary N) is 1. The zero-order valence-corrected chi connectivity index (χ0v) is 12.2. The molecule has 0 unspecified atom stereocenters. The Morgan fingerprint density at radius 1 is 1.38 bits per heavy atom. The van der Waals surface area contributed by atoms with Crippen LogP contribution in [0.1, 0.15) is 39.0 Å². The highest BCUT2D eigenvalue weighted by Gasteiger charge is 2.41. The van der Waals surface area contributed by atoms with E-state index in [9.17, 15) is 23.5 Å². The normalized spacial score (nSPS) is 25.8. The van der Waals surface area contributed by atoms with E-state index in [1.165, 1.54) is 0 Å². The van der Waals surface area contributed by atoms with Gasteiger partial charge in [-0.3, -0.25) is 9.59 Å². The lowest BCUT2D eigenvalue weighted by molar-refractivity contribution is -0.151. The molecule has 2 N–H and O–H groups in total. The number of aliphatic carboxylic acids is 1. The Morgan fingerprint density at radius 2 is 2.00 bits per heavy atom. The van der Waals surface area contributed by atoms with Gasteiger partial charge >= 0.3 is 5.97 Å². The summed E-state index contributed by atoms with van der Waals surface area (Å²) < 4.78 is 28.3. The highest BCUT2D eigenvalue weighted by molar-refractivity contribution is 5.79. The molecule has 0 radical (unpaired) electrons. The van der Waals surface area contributed by atoms with Gasteiger partial charge in [0.2, 0.25) is 5.91 Å². The minimum absolute atomic E-state index is 0.0428. The van der Waals surface area contributed by atoms with Crippen molar-refractivity contribution in [2.75, 3.05) is 19.8 Å². The van der Waals surface area contributed by atoms with Crippen LogP contribution in [0.25, 0.3) is 0 Å². The fraction of sp³-hybridized carbons (Fsp3) is 0.857. The standard InChI is InChI=1S/C14H23F2NO4/c1-10-2-5-14(6-3-10,13(19)20)9-17-12(18)4-7-21-8-11(15)16/h10-11H,2-9H2,1H3,(H,17,18)(H,19,20). The summed E-state index contributed by atoms with van der Waals surface area (Å²) in [5, 5.41) is 12.0. The summed E-state index contributed by atoms with van der Waals surface area (Å²) in [6.07, 6.45) is 0.169. The molecule has 122 valence electrons. The van der Waals surface area contributed by atoms with Gasteiger partial charge in [-0.15, -0.1) is 0 Å². The fourth-order valence-corrected chi connectivity index (χ4v) is 2.47. The number of hydrogen-bond acceptors (Lipinski definition) is 3. The molecule has 0 bridgehead atoms. The predicted molar refractivity (Wildman–Crippen MR) is 72.2 cm³/mol. The molecule has 1 aliphatic carbocycles. The van der Waals surface area contributed by atoms with E-state index in [0.717, 1.165) is 12.8 Å². The van der Waals surface area contributed by atoms with E-state index in [2.05, 4.69) is 17.0 Å². The smallest absolute Gasteiger partial charge is 0.311 e. The lowest BCUT2D eigenvalue weighted by Crippen LogP contribution is -2.45. The van der Waals surface area contributed by atoms with Crippen LogP contribution in [0.3, 0.4) is 0 Å². The topological polar surface area (TPSA) is 75.6 Å². The van der Waals surface area contributed by atoms with Crippen LogP contribution in [0.5, 0.6) is 0 Å². The Kier molecular flexibility index (Phi) is 7.01. The second-order valence-electron chi connectivity index (χ2n) is 5.76. The molecule has 1 amide bonds. The SMILES string of the molecule is CC1CCC(CNC(=O)CCOCC(F)F)(C(=O)O)CC1. The molecule has 1 rings (SSSR count). The van der Waals surface area contributed by atoms with Gasteiger partial charge in [-0.1, -0.05) is 6.92 Å². The van der Waals surface area contributed by atoms with E-state index in [4.69, 9.17) is 0 Å². The van der Waals surface area contributed by atoms with Gasteiger partial charge in [0, 0.05) is 13.0 Å². The third-order valence-electron chi connectivity index (χ3n) is 4.03. The number of alkyl halides is 2. The monoisotopic (exact) mass is 307 g/mol. The maximum atomic E-state index is 11.8. The first kappa shape index (κ1) is 17.8. The van der Waals surface area contributed by atoms with E-state index in [1.807, 2.05) is 0 Å². The van der Waals surface area contributed by atoms with Gasteiger partial charge in [-0.25, -0.2) is 8.78 Å². The number of carbonyl (C=O) groups excluding carboxylic acids is 1. The molecule has 0 saturated heterocycles. The first-order chi connectivity index (χ1) is 9.85. The number of carboxylic acid groups (broad SMARTS) is 1. The summed E-state index contributed by atoms with van der Waals surface area (Å²) in [6.45, 7) is 1.39. The second-order valence-corrected chi connectivity index (χ2v) is 5.76. The van der Waals surface area contributed by atoms with Crippen LogP contribution in [0.4, 0.5) is 8.78 Å². The van der Waals surface area contributed by atoms with Crippen molar-refractivity contribution in [1.29, 1.82) is 0 Å². The van der Waals surface area contributed by atoms with Crippen molar-refractivity contribution in [3.63, 3.8) is 0 Å². The number of amides is 1. The first-order valence-corrected chi connectivity index (χ1v) is 7.22. The van der Waals surface area contributed by atoms with E-state index in [-0.39, 0.29) is 25.5 Å². The Hall–Kier alpha value is -1.24. The minimum atomic E-state index is -2.55. The first-order valence-electron chi connectivity index (χ1n) is 7.22. The molecule has 1 aliphatic rings. The summed E-state index contributed by atoms with van der Waals surface area (Å²) in [6, 6.07) is 0. The molecular formula is C14H23F2NO4. The molecular weight excluding hydrogens is 284 g/mol. The van der Waals surface area contributed by atoms with E-state index >= 15 is 0 Å². The number of ether oxygens (including phenoxy) is 1. The van der Waals surface area contributed by atoms with Gasteiger partial charge in [-0.2, -0.15) is 0 Å². The van der Waals surface area contributed by atoms with Crippen LogP contribution in [-0.2, 0) is 14.3 Å². The van der Waals surface area contributed by atoms with Crippen molar-refractivity contribution in [2.24, 2.45) is 11.3 Å². The van der Waals surface area contributed by atoms with E-state index < -0.39 is 24.4 Å².